The molecule has 0 saturated carbocycles. The Morgan fingerprint density at radius 1 is 1.62 bits per heavy atom. The summed E-state index contributed by atoms with van der Waals surface area (Å²) >= 11 is 17.4. The van der Waals surface area contributed by atoms with Crippen molar-refractivity contribution in [1.82, 2.24) is 0 Å². The summed E-state index contributed by atoms with van der Waals surface area (Å²) in [6, 6.07) is 0. The molecule has 0 radical (unpaired) electrons. The average molecular weight is 242 g/mol. The lowest BCUT2D eigenvalue weighted by Gasteiger charge is -2.03. The Kier molecular flexibility index (Phi) is 3.43. The molecular weight excluding hydrogens is 242 g/mol. The van der Waals surface area contributed by atoms with Crippen molar-refractivity contribution in [1.29, 1.82) is 0 Å². The number of halogens is 4. The molecule has 0 bridgehead atoms. The summed E-state index contributed by atoms with van der Waals surface area (Å²) in [6.07, 6.45) is 0. The van der Waals surface area contributed by atoms with Gasteiger partial charge in [0.25, 0.3) is 3.24 Å². The number of carbonyl (C=O) groups excluding carboxylic acids is 1. The summed E-state index contributed by atoms with van der Waals surface area (Å²) in [5.74, 6) is -0.956. The first-order valence-electron chi connectivity index (χ1n) is 1.38. The third-order valence-electron chi connectivity index (χ3n) is 0.302. The molecule has 8 heavy (non-hydrogen) atoms. The quantitative estimate of drug-likeness (QED) is 0.659. The first-order valence-corrected chi connectivity index (χ1v) is 3.24. The van der Waals surface area contributed by atoms with E-state index >= 15 is 0 Å². The van der Waals surface area contributed by atoms with Gasteiger partial charge in [-0.05, 0) is 15.9 Å². The Balaban J connectivity index is 3.82. The van der Waals surface area contributed by atoms with Crippen LogP contribution in [0.15, 0.2) is 0 Å². The lowest BCUT2D eigenvalue weighted by atomic mass is 10.8. The fourth-order valence-corrected chi connectivity index (χ4v) is 0.490. The summed E-state index contributed by atoms with van der Waals surface area (Å²) in [4.78, 5) is 10.2. The van der Waals surface area contributed by atoms with Crippen LogP contribution in [0, 0.1) is 0 Å². The van der Waals surface area contributed by atoms with E-state index in [2.05, 4.69) is 32.1 Å². The molecule has 0 aromatic rings. The molecule has 0 aromatic heterocycles. The molecule has 0 aromatic carbocycles. The Morgan fingerprint density at radius 2 is 2.00 bits per heavy atom. The third kappa shape index (κ3) is 2.97. The zero-order valence-corrected chi connectivity index (χ0v) is 7.18. The van der Waals surface area contributed by atoms with Crippen LogP contribution < -0.4 is 0 Å². The van der Waals surface area contributed by atoms with Crippen LogP contribution in [0.5, 0.6) is 0 Å². The van der Waals surface area contributed by atoms with E-state index in [4.69, 9.17) is 23.2 Å². The molecule has 0 saturated heterocycles. The smallest absolute Gasteiger partial charge is 0.344 e. The second kappa shape index (κ2) is 3.11. The highest BCUT2D eigenvalue weighted by Crippen LogP contribution is 2.30. The average Bonchev–Trinajstić information content (AvgIpc) is 1.62. The maximum Gasteiger partial charge on any atom is 0.371 e. The molecule has 0 rings (SSSR count). The lowest BCUT2D eigenvalue weighted by molar-refractivity contribution is -0.132. The van der Waals surface area contributed by atoms with Gasteiger partial charge in [0.1, 0.15) is 11.9 Å². The number of hydrogen-bond donors (Lipinski definition) is 0. The van der Waals surface area contributed by atoms with Crippen molar-refractivity contribution in [3.8, 4) is 0 Å². The predicted octanol–water partition coefficient (Wildman–Crippen LogP) is 2.21. The van der Waals surface area contributed by atoms with Crippen molar-refractivity contribution in [3.05, 3.63) is 0 Å². The summed E-state index contributed by atoms with van der Waals surface area (Å²) in [6.45, 7) is 0. The summed E-state index contributed by atoms with van der Waals surface area (Å²) < 4.78 is 1.91. The minimum Gasteiger partial charge on any atom is -0.344 e. The second-order valence-corrected chi connectivity index (χ2v) is 4.45. The van der Waals surface area contributed by atoms with E-state index < -0.39 is 9.21 Å². The molecule has 0 aliphatic heterocycles. The fourth-order valence-electron chi connectivity index (χ4n) is 0.0437. The molecule has 0 fully saturated rings. The van der Waals surface area contributed by atoms with Crippen molar-refractivity contribution in [2.45, 2.75) is 3.24 Å². The van der Waals surface area contributed by atoms with Gasteiger partial charge < -0.3 is 4.29 Å². The Labute approximate surface area is 69.3 Å². The standard InChI is InChI=1S/C2BrCl3O2/c3-2(4,5)1(7)8-6. The summed E-state index contributed by atoms with van der Waals surface area (Å²) in [5, 5.41) is 0. The van der Waals surface area contributed by atoms with Crippen LogP contribution in [0.25, 0.3) is 0 Å². The highest BCUT2D eigenvalue weighted by Gasteiger charge is 2.31. The second-order valence-electron chi connectivity index (χ2n) is 0.862. The molecule has 0 amide bonds. The van der Waals surface area contributed by atoms with Crippen molar-refractivity contribution >= 4 is 57.0 Å². The van der Waals surface area contributed by atoms with Crippen LogP contribution in [0.1, 0.15) is 0 Å². The van der Waals surface area contributed by atoms with E-state index in [9.17, 15) is 4.79 Å². The summed E-state index contributed by atoms with van der Waals surface area (Å²) in [5.41, 5.74) is 0. The van der Waals surface area contributed by atoms with Gasteiger partial charge in [-0.2, -0.15) is 0 Å². The van der Waals surface area contributed by atoms with E-state index in [1.807, 2.05) is 0 Å². The molecule has 0 unspecified atom stereocenters. The molecule has 0 N–H and O–H groups in total. The van der Waals surface area contributed by atoms with E-state index in [0.29, 0.717) is 0 Å². The van der Waals surface area contributed by atoms with Crippen LogP contribution in [0.3, 0.4) is 0 Å². The van der Waals surface area contributed by atoms with Crippen LogP contribution in [-0.2, 0) is 9.08 Å². The van der Waals surface area contributed by atoms with Crippen molar-refractivity contribution in [3.63, 3.8) is 0 Å². The van der Waals surface area contributed by atoms with Crippen molar-refractivity contribution < 1.29 is 9.08 Å². The first-order chi connectivity index (χ1) is 3.48. The van der Waals surface area contributed by atoms with Crippen molar-refractivity contribution in [2.75, 3.05) is 0 Å². The SMILES string of the molecule is O=C(OCl)C(Cl)(Cl)Br. The van der Waals surface area contributed by atoms with Crippen molar-refractivity contribution in [2.24, 2.45) is 0 Å². The molecule has 0 heterocycles. The largest absolute Gasteiger partial charge is 0.371 e. The lowest BCUT2D eigenvalue weighted by Crippen LogP contribution is -2.17. The first kappa shape index (κ1) is 8.82. The minimum absolute atomic E-state index is 0.956. The van der Waals surface area contributed by atoms with Crippen LogP contribution in [0.4, 0.5) is 0 Å². The molecular formula is C2BrCl3O2. The van der Waals surface area contributed by atoms with Gasteiger partial charge in [0.15, 0.2) is 0 Å². The number of carbonyl (C=O) groups is 1. The van der Waals surface area contributed by atoms with Gasteiger partial charge in [0.2, 0.25) is 0 Å². The van der Waals surface area contributed by atoms with Gasteiger partial charge in [0.05, 0.1) is 0 Å². The zero-order chi connectivity index (χ0) is 6.78. The molecule has 0 aliphatic rings. The molecule has 6 heteroatoms. The van der Waals surface area contributed by atoms with Crippen LogP contribution >= 0.6 is 51.0 Å². The van der Waals surface area contributed by atoms with Gasteiger partial charge in [-0.1, -0.05) is 23.2 Å². The maximum atomic E-state index is 10.2. The number of alkyl halides is 3. The predicted molar refractivity (Wildman–Crippen MR) is 35.3 cm³/mol. The fraction of sp³-hybridized carbons (Fsp3) is 0.500. The van der Waals surface area contributed by atoms with Gasteiger partial charge in [-0.15, -0.1) is 0 Å². The monoisotopic (exact) mass is 240 g/mol. The Bertz CT molecular complexity index is 97.9. The molecule has 48 valence electrons. The number of hydrogen-bond acceptors (Lipinski definition) is 2. The minimum atomic E-state index is -1.73. The number of rotatable bonds is 1. The van der Waals surface area contributed by atoms with Gasteiger partial charge in [-0.3, -0.25) is 0 Å². The normalized spacial score (nSPS) is 11.0. The van der Waals surface area contributed by atoms with E-state index in [-0.39, 0.29) is 0 Å². The van der Waals surface area contributed by atoms with E-state index in [1.54, 1.807) is 0 Å². The van der Waals surface area contributed by atoms with E-state index in [0.717, 1.165) is 0 Å². The topological polar surface area (TPSA) is 26.3 Å². The van der Waals surface area contributed by atoms with Gasteiger partial charge in [-0.25, -0.2) is 4.79 Å². The third-order valence-corrected chi connectivity index (χ3v) is 1.07. The Hall–Kier alpha value is 0.820. The van der Waals surface area contributed by atoms with Crippen LogP contribution in [0.2, 0.25) is 0 Å². The molecule has 0 aliphatic carbocycles. The molecule has 0 spiro atoms. The van der Waals surface area contributed by atoms with E-state index in [1.165, 1.54) is 0 Å². The molecule has 0 atom stereocenters. The zero-order valence-electron chi connectivity index (χ0n) is 3.33. The highest BCUT2D eigenvalue weighted by atomic mass is 79.9. The summed E-state index contributed by atoms with van der Waals surface area (Å²) in [7, 11) is 0. The van der Waals surface area contributed by atoms with Gasteiger partial charge in [0, 0.05) is 0 Å². The highest BCUT2D eigenvalue weighted by molar-refractivity contribution is 9.11. The van der Waals surface area contributed by atoms with Gasteiger partial charge >= 0.3 is 5.97 Å². The van der Waals surface area contributed by atoms with Crippen LogP contribution in [-0.4, -0.2) is 9.21 Å². The Morgan fingerprint density at radius 3 is 2.00 bits per heavy atom. The molecule has 2 nitrogen and oxygen atoms in total. The maximum absolute atomic E-state index is 10.2.